The molecule has 4 heteroatoms. The average Bonchev–Trinajstić information content (AvgIpc) is 2.67. The Morgan fingerprint density at radius 3 is 2.88 bits per heavy atom. The number of carbonyl (C=O) groups is 1. The fourth-order valence-electron chi connectivity index (χ4n) is 2.45. The van der Waals surface area contributed by atoms with Crippen molar-refractivity contribution in [1.29, 1.82) is 0 Å². The minimum absolute atomic E-state index is 0.0504. The molecule has 1 atom stereocenters. The minimum Gasteiger partial charge on any atom is -0.457 e. The van der Waals surface area contributed by atoms with Crippen LogP contribution in [0.2, 0.25) is 0 Å². The highest BCUT2D eigenvalue weighted by atomic mass is 79.9. The Morgan fingerprint density at radius 1 is 1.53 bits per heavy atom. The van der Waals surface area contributed by atoms with Gasteiger partial charge in [-0.05, 0) is 40.3 Å². The van der Waals surface area contributed by atoms with Gasteiger partial charge in [0.05, 0.1) is 11.8 Å². The molecule has 94 valence electrons. The van der Waals surface area contributed by atoms with Crippen LogP contribution in [0.3, 0.4) is 0 Å². The van der Waals surface area contributed by atoms with Crippen LogP contribution in [0, 0.1) is 5.41 Å². The molecule has 1 heterocycles. The standard InChI is InChI=1S/C13H18BrNO2/c1-13(2)7-4-3-5-10(13)15-12(16)9-6-8-17-11(9)14/h6,8,10H,3-5,7H2,1-2H3,(H,15,16). The van der Waals surface area contributed by atoms with Crippen molar-refractivity contribution in [3.8, 4) is 0 Å². The van der Waals surface area contributed by atoms with Gasteiger partial charge in [0, 0.05) is 6.04 Å². The van der Waals surface area contributed by atoms with Crippen molar-refractivity contribution in [3.63, 3.8) is 0 Å². The summed E-state index contributed by atoms with van der Waals surface area (Å²) >= 11 is 3.23. The highest BCUT2D eigenvalue weighted by Gasteiger charge is 2.33. The van der Waals surface area contributed by atoms with Gasteiger partial charge in [-0.15, -0.1) is 0 Å². The number of halogens is 1. The number of nitrogens with one attached hydrogen (secondary N) is 1. The molecule has 1 unspecified atom stereocenters. The first-order chi connectivity index (χ1) is 8.00. The van der Waals surface area contributed by atoms with Gasteiger partial charge in [0.15, 0.2) is 4.67 Å². The smallest absolute Gasteiger partial charge is 0.255 e. The molecule has 1 aromatic rings. The zero-order valence-electron chi connectivity index (χ0n) is 10.3. The summed E-state index contributed by atoms with van der Waals surface area (Å²) in [7, 11) is 0. The lowest BCUT2D eigenvalue weighted by Gasteiger charge is -2.38. The van der Waals surface area contributed by atoms with Gasteiger partial charge in [-0.1, -0.05) is 26.7 Å². The third kappa shape index (κ3) is 2.73. The van der Waals surface area contributed by atoms with Crippen LogP contribution >= 0.6 is 15.9 Å². The van der Waals surface area contributed by atoms with Crippen LogP contribution in [0.15, 0.2) is 21.4 Å². The van der Waals surface area contributed by atoms with E-state index in [1.807, 2.05) is 0 Å². The SMILES string of the molecule is CC1(C)CCCCC1NC(=O)c1ccoc1Br. The number of furan rings is 1. The third-order valence-corrected chi connectivity index (χ3v) is 4.29. The van der Waals surface area contributed by atoms with Crippen LogP contribution in [0.5, 0.6) is 0 Å². The van der Waals surface area contributed by atoms with Gasteiger partial charge in [0.1, 0.15) is 0 Å². The largest absolute Gasteiger partial charge is 0.457 e. The molecule has 0 saturated heterocycles. The van der Waals surface area contributed by atoms with Crippen molar-refractivity contribution in [2.45, 2.75) is 45.6 Å². The van der Waals surface area contributed by atoms with Crippen molar-refractivity contribution in [2.75, 3.05) is 0 Å². The van der Waals surface area contributed by atoms with Crippen molar-refractivity contribution in [1.82, 2.24) is 5.32 Å². The van der Waals surface area contributed by atoms with Crippen molar-refractivity contribution >= 4 is 21.8 Å². The summed E-state index contributed by atoms with van der Waals surface area (Å²) in [6, 6.07) is 1.94. The second-order valence-electron chi connectivity index (χ2n) is 5.37. The van der Waals surface area contributed by atoms with Crippen LogP contribution in [0.4, 0.5) is 0 Å². The molecule has 3 nitrogen and oxygen atoms in total. The Kier molecular flexibility index (Phi) is 3.61. The van der Waals surface area contributed by atoms with E-state index >= 15 is 0 Å². The van der Waals surface area contributed by atoms with E-state index in [4.69, 9.17) is 4.42 Å². The number of hydrogen-bond acceptors (Lipinski definition) is 2. The lowest BCUT2D eigenvalue weighted by molar-refractivity contribution is 0.0852. The van der Waals surface area contributed by atoms with Gasteiger partial charge in [0.2, 0.25) is 0 Å². The number of amides is 1. The quantitative estimate of drug-likeness (QED) is 0.904. The Hall–Kier alpha value is -0.770. The van der Waals surface area contributed by atoms with Crippen LogP contribution < -0.4 is 5.32 Å². The van der Waals surface area contributed by atoms with Gasteiger partial charge < -0.3 is 9.73 Å². The molecule has 0 bridgehead atoms. The maximum absolute atomic E-state index is 12.1. The minimum atomic E-state index is -0.0504. The summed E-state index contributed by atoms with van der Waals surface area (Å²) in [5, 5.41) is 3.12. The molecular formula is C13H18BrNO2. The molecule has 1 aliphatic rings. The molecule has 1 fully saturated rings. The van der Waals surface area contributed by atoms with Crippen molar-refractivity contribution < 1.29 is 9.21 Å². The molecule has 1 aliphatic carbocycles. The summed E-state index contributed by atoms with van der Waals surface area (Å²) < 4.78 is 5.59. The summed E-state index contributed by atoms with van der Waals surface area (Å²) in [4.78, 5) is 12.1. The van der Waals surface area contributed by atoms with Crippen LogP contribution in [0.25, 0.3) is 0 Å². The number of hydrogen-bond donors (Lipinski definition) is 1. The molecule has 17 heavy (non-hydrogen) atoms. The maximum atomic E-state index is 12.1. The van der Waals surface area contributed by atoms with E-state index < -0.39 is 0 Å². The summed E-state index contributed by atoms with van der Waals surface area (Å²) in [6.07, 6.45) is 6.21. The van der Waals surface area contributed by atoms with Gasteiger partial charge in [0.25, 0.3) is 5.91 Å². The lowest BCUT2D eigenvalue weighted by atomic mass is 9.73. The molecule has 1 saturated carbocycles. The molecule has 2 rings (SSSR count). The summed E-state index contributed by atoms with van der Waals surface area (Å²) in [6.45, 7) is 4.45. The third-order valence-electron chi connectivity index (χ3n) is 3.68. The zero-order chi connectivity index (χ0) is 12.5. The van der Waals surface area contributed by atoms with E-state index in [0.29, 0.717) is 10.2 Å². The lowest BCUT2D eigenvalue weighted by Crippen LogP contribution is -2.46. The number of carbonyl (C=O) groups excluding carboxylic acids is 1. The first kappa shape index (κ1) is 12.7. The van der Waals surface area contributed by atoms with Gasteiger partial charge in [-0.2, -0.15) is 0 Å². The Labute approximate surface area is 110 Å². The van der Waals surface area contributed by atoms with Gasteiger partial charge in [-0.25, -0.2) is 0 Å². The maximum Gasteiger partial charge on any atom is 0.255 e. The molecule has 1 amide bonds. The Morgan fingerprint density at radius 2 is 2.29 bits per heavy atom. The van der Waals surface area contributed by atoms with E-state index in [-0.39, 0.29) is 17.4 Å². The van der Waals surface area contributed by atoms with Crippen molar-refractivity contribution in [2.24, 2.45) is 5.41 Å². The van der Waals surface area contributed by atoms with E-state index in [2.05, 4.69) is 35.1 Å². The number of rotatable bonds is 2. The van der Waals surface area contributed by atoms with Gasteiger partial charge >= 0.3 is 0 Å². The van der Waals surface area contributed by atoms with E-state index in [9.17, 15) is 4.79 Å². The van der Waals surface area contributed by atoms with Crippen molar-refractivity contribution in [3.05, 3.63) is 22.6 Å². The monoisotopic (exact) mass is 299 g/mol. The Balaban J connectivity index is 2.06. The fourth-order valence-corrected chi connectivity index (χ4v) is 2.87. The first-order valence-electron chi connectivity index (χ1n) is 6.04. The normalized spacial score (nSPS) is 23.4. The highest BCUT2D eigenvalue weighted by Crippen LogP contribution is 2.35. The topological polar surface area (TPSA) is 42.2 Å². The second-order valence-corrected chi connectivity index (χ2v) is 6.09. The molecule has 0 aliphatic heterocycles. The predicted molar refractivity (Wildman–Crippen MR) is 69.9 cm³/mol. The van der Waals surface area contributed by atoms with E-state index in [0.717, 1.165) is 6.42 Å². The predicted octanol–water partition coefficient (Wildman–Crippen LogP) is 3.74. The molecule has 1 aromatic heterocycles. The first-order valence-corrected chi connectivity index (χ1v) is 6.84. The molecule has 1 N–H and O–H groups in total. The van der Waals surface area contributed by atoms with Crippen LogP contribution in [-0.2, 0) is 0 Å². The zero-order valence-corrected chi connectivity index (χ0v) is 11.8. The fraction of sp³-hybridized carbons (Fsp3) is 0.615. The van der Waals surface area contributed by atoms with E-state index in [1.165, 1.54) is 25.5 Å². The molecule has 0 spiro atoms. The Bertz CT molecular complexity index is 411. The summed E-state index contributed by atoms with van der Waals surface area (Å²) in [5.41, 5.74) is 0.760. The average molecular weight is 300 g/mol. The second kappa shape index (κ2) is 4.84. The van der Waals surface area contributed by atoms with Crippen LogP contribution in [0.1, 0.15) is 49.9 Å². The van der Waals surface area contributed by atoms with Crippen LogP contribution in [-0.4, -0.2) is 11.9 Å². The molecule has 0 radical (unpaired) electrons. The summed E-state index contributed by atoms with van der Waals surface area (Å²) in [5.74, 6) is -0.0504. The highest BCUT2D eigenvalue weighted by molar-refractivity contribution is 9.10. The van der Waals surface area contributed by atoms with E-state index in [1.54, 1.807) is 6.07 Å². The van der Waals surface area contributed by atoms with Gasteiger partial charge in [-0.3, -0.25) is 4.79 Å². The molecular weight excluding hydrogens is 282 g/mol. The molecule has 0 aromatic carbocycles.